The highest BCUT2D eigenvalue weighted by atomic mass is 16.6. The van der Waals surface area contributed by atoms with Gasteiger partial charge in [0.2, 0.25) is 0 Å². The Morgan fingerprint density at radius 2 is 0.923 bits per heavy atom. The first-order valence-corrected chi connectivity index (χ1v) is 14.2. The van der Waals surface area contributed by atoms with E-state index in [1.54, 1.807) is 0 Å². The maximum atomic E-state index is 6.13. The fourth-order valence-corrected chi connectivity index (χ4v) is 4.53. The summed E-state index contributed by atoms with van der Waals surface area (Å²) in [5, 5.41) is 4.55. The van der Waals surface area contributed by atoms with Crippen LogP contribution in [-0.2, 0) is 4.84 Å². The SMILES string of the molecule is CC(=NOC(=Nc1c(C(C)C)cccc1C(C)C)c1ccccc1)C(C)=Nc1c(C(C)C)cccc1C(C)C. The Morgan fingerprint density at radius 3 is 1.33 bits per heavy atom. The second-order valence-electron chi connectivity index (χ2n) is 11.4. The molecule has 4 heteroatoms. The summed E-state index contributed by atoms with van der Waals surface area (Å²) in [6.45, 7) is 21.6. The number of nitrogens with zero attached hydrogens (tertiary/aromatic N) is 3. The van der Waals surface area contributed by atoms with Gasteiger partial charge in [-0.1, -0.05) is 115 Å². The number of aliphatic imine (C=N–C) groups is 2. The Balaban J connectivity index is 2.09. The molecule has 3 rings (SSSR count). The minimum atomic E-state index is 0.329. The molecule has 206 valence electrons. The molecule has 0 unspecified atom stereocenters. The van der Waals surface area contributed by atoms with Crippen LogP contribution in [0, 0.1) is 0 Å². The summed E-state index contributed by atoms with van der Waals surface area (Å²) >= 11 is 0. The Morgan fingerprint density at radius 1 is 0.513 bits per heavy atom. The molecule has 0 fully saturated rings. The molecule has 4 nitrogen and oxygen atoms in total. The molecule has 3 aromatic rings. The topological polar surface area (TPSA) is 46.3 Å². The highest BCUT2D eigenvalue weighted by Gasteiger charge is 2.17. The molecule has 0 N–H and O–H groups in total. The lowest BCUT2D eigenvalue weighted by Crippen LogP contribution is -2.11. The molecule has 0 bridgehead atoms. The van der Waals surface area contributed by atoms with Crippen molar-refractivity contribution in [3.05, 3.63) is 94.5 Å². The van der Waals surface area contributed by atoms with Gasteiger partial charge < -0.3 is 4.84 Å². The minimum absolute atomic E-state index is 0.329. The lowest BCUT2D eigenvalue weighted by molar-refractivity contribution is 0.330. The van der Waals surface area contributed by atoms with Crippen LogP contribution in [0.3, 0.4) is 0 Å². The number of para-hydroxylation sites is 2. The maximum Gasteiger partial charge on any atom is 0.256 e. The number of oxime groups is 1. The summed E-state index contributed by atoms with van der Waals surface area (Å²) in [6, 6.07) is 22.9. The monoisotopic (exact) mass is 523 g/mol. The third-order valence-corrected chi connectivity index (χ3v) is 6.99. The molecule has 0 saturated heterocycles. The molecule has 0 aliphatic carbocycles. The van der Waals surface area contributed by atoms with Gasteiger partial charge in [0, 0.05) is 5.56 Å². The molecule has 0 heterocycles. The van der Waals surface area contributed by atoms with E-state index in [0.29, 0.717) is 35.3 Å². The molecule has 0 saturated carbocycles. The lowest BCUT2D eigenvalue weighted by Gasteiger charge is -2.17. The molecule has 0 atom stereocenters. The smallest absolute Gasteiger partial charge is 0.256 e. The largest absolute Gasteiger partial charge is 0.336 e. The van der Waals surface area contributed by atoms with Crippen LogP contribution in [-0.4, -0.2) is 17.3 Å². The zero-order valence-corrected chi connectivity index (χ0v) is 25.4. The van der Waals surface area contributed by atoms with Crippen molar-refractivity contribution in [2.24, 2.45) is 15.1 Å². The van der Waals surface area contributed by atoms with E-state index in [0.717, 1.165) is 22.6 Å². The number of hydrogen-bond acceptors (Lipinski definition) is 4. The average Bonchev–Trinajstić information content (AvgIpc) is 2.90. The van der Waals surface area contributed by atoms with Crippen molar-refractivity contribution in [2.75, 3.05) is 0 Å². The van der Waals surface area contributed by atoms with E-state index in [2.05, 4.69) is 96.9 Å². The Bertz CT molecular complexity index is 1290. The van der Waals surface area contributed by atoms with Crippen molar-refractivity contribution in [2.45, 2.75) is 92.9 Å². The van der Waals surface area contributed by atoms with Crippen molar-refractivity contribution in [3.8, 4) is 0 Å². The predicted octanol–water partition coefficient (Wildman–Crippen LogP) is 10.4. The Hall–Kier alpha value is -3.53. The molecule has 0 aliphatic rings. The molecule has 0 aliphatic heterocycles. The second-order valence-corrected chi connectivity index (χ2v) is 11.4. The quantitative estimate of drug-likeness (QED) is 0.156. The van der Waals surface area contributed by atoms with Gasteiger partial charge in [0.1, 0.15) is 0 Å². The first kappa shape index (κ1) is 30.0. The van der Waals surface area contributed by atoms with Gasteiger partial charge in [0.25, 0.3) is 5.90 Å². The third kappa shape index (κ3) is 7.53. The Kier molecular flexibility index (Phi) is 10.4. The van der Waals surface area contributed by atoms with Crippen LogP contribution in [0.2, 0.25) is 0 Å². The first-order valence-electron chi connectivity index (χ1n) is 14.2. The summed E-state index contributed by atoms with van der Waals surface area (Å²) < 4.78 is 0. The average molecular weight is 524 g/mol. The van der Waals surface area contributed by atoms with Crippen molar-refractivity contribution in [1.29, 1.82) is 0 Å². The highest BCUT2D eigenvalue weighted by Crippen LogP contribution is 2.36. The van der Waals surface area contributed by atoms with Crippen molar-refractivity contribution in [1.82, 2.24) is 0 Å². The van der Waals surface area contributed by atoms with Crippen LogP contribution in [0.25, 0.3) is 0 Å². The van der Waals surface area contributed by atoms with Gasteiger partial charge in [-0.2, -0.15) is 0 Å². The van der Waals surface area contributed by atoms with E-state index in [-0.39, 0.29) is 0 Å². The highest BCUT2D eigenvalue weighted by molar-refractivity contribution is 6.41. The number of benzene rings is 3. The summed E-state index contributed by atoms with van der Waals surface area (Å²) in [4.78, 5) is 16.3. The summed E-state index contributed by atoms with van der Waals surface area (Å²) in [5.41, 5.74) is 9.30. The first-order chi connectivity index (χ1) is 18.5. The van der Waals surface area contributed by atoms with Crippen LogP contribution in [0.1, 0.15) is 121 Å². The zero-order valence-electron chi connectivity index (χ0n) is 25.4. The van der Waals surface area contributed by atoms with E-state index in [9.17, 15) is 0 Å². The zero-order chi connectivity index (χ0) is 28.7. The molecule has 39 heavy (non-hydrogen) atoms. The van der Waals surface area contributed by atoms with E-state index in [1.165, 1.54) is 22.3 Å². The minimum Gasteiger partial charge on any atom is -0.336 e. The van der Waals surface area contributed by atoms with E-state index in [4.69, 9.17) is 14.8 Å². The maximum absolute atomic E-state index is 6.13. The van der Waals surface area contributed by atoms with Gasteiger partial charge in [-0.15, -0.1) is 0 Å². The molecule has 0 aromatic heterocycles. The van der Waals surface area contributed by atoms with Crippen molar-refractivity contribution >= 4 is 28.7 Å². The van der Waals surface area contributed by atoms with Crippen molar-refractivity contribution < 1.29 is 4.84 Å². The van der Waals surface area contributed by atoms with Gasteiger partial charge in [-0.25, -0.2) is 4.99 Å². The second kappa shape index (κ2) is 13.5. The number of hydrogen-bond donors (Lipinski definition) is 0. The van der Waals surface area contributed by atoms with Gasteiger partial charge in [0.05, 0.1) is 22.8 Å². The summed E-state index contributed by atoms with van der Waals surface area (Å²) in [5.74, 6) is 1.88. The van der Waals surface area contributed by atoms with Gasteiger partial charge in [-0.3, -0.25) is 4.99 Å². The van der Waals surface area contributed by atoms with Crippen LogP contribution >= 0.6 is 0 Å². The predicted molar refractivity (Wildman–Crippen MR) is 169 cm³/mol. The summed E-state index contributed by atoms with van der Waals surface area (Å²) in [7, 11) is 0. The normalized spacial score (nSPS) is 13.2. The van der Waals surface area contributed by atoms with Crippen LogP contribution < -0.4 is 0 Å². The van der Waals surface area contributed by atoms with Gasteiger partial charge in [0.15, 0.2) is 0 Å². The molecule has 0 radical (unpaired) electrons. The standard InChI is InChI=1S/C35H45N3O/c1-22(2)29-18-14-19-30(23(3)4)33(29)36-26(9)27(10)38-39-35(28-16-12-11-13-17-28)37-34-31(24(5)6)20-15-21-32(34)25(7)8/h11-25H,1-10H3. The third-order valence-electron chi connectivity index (χ3n) is 6.99. The lowest BCUT2D eigenvalue weighted by atomic mass is 9.93. The molecular formula is C35H45N3O. The van der Waals surface area contributed by atoms with Crippen LogP contribution in [0.15, 0.2) is 81.9 Å². The van der Waals surface area contributed by atoms with Crippen LogP contribution in [0.5, 0.6) is 0 Å². The van der Waals surface area contributed by atoms with Gasteiger partial charge >= 0.3 is 0 Å². The van der Waals surface area contributed by atoms with Crippen LogP contribution in [0.4, 0.5) is 11.4 Å². The fourth-order valence-electron chi connectivity index (χ4n) is 4.53. The van der Waals surface area contributed by atoms with E-state index < -0.39 is 0 Å². The number of rotatable bonds is 9. The summed E-state index contributed by atoms with van der Waals surface area (Å²) in [6.07, 6.45) is 0. The molecule has 3 aromatic carbocycles. The van der Waals surface area contributed by atoms with E-state index in [1.807, 2.05) is 44.2 Å². The van der Waals surface area contributed by atoms with Crippen molar-refractivity contribution in [3.63, 3.8) is 0 Å². The fraction of sp³-hybridized carbons (Fsp3) is 0.400. The molecular weight excluding hydrogens is 478 g/mol. The molecule has 0 spiro atoms. The Labute approximate surface area is 236 Å². The molecule has 0 amide bonds. The van der Waals surface area contributed by atoms with E-state index >= 15 is 0 Å². The van der Waals surface area contributed by atoms with Gasteiger partial charge in [-0.05, 0) is 71.9 Å².